The van der Waals surface area contributed by atoms with E-state index in [-0.39, 0.29) is 12.5 Å². The summed E-state index contributed by atoms with van der Waals surface area (Å²) in [7, 11) is 1.86. The Labute approximate surface area is 269 Å². The van der Waals surface area contributed by atoms with Crippen molar-refractivity contribution in [2.45, 2.75) is 51.6 Å². The second-order valence-electron chi connectivity index (χ2n) is 11.5. The number of halogens is 3. The number of hydrogen-bond acceptors (Lipinski definition) is 4. The first kappa shape index (κ1) is 34.1. The fraction of sp³-hybridized carbons (Fsp3) is 0.324. The number of likely N-dealkylation sites (N-methyl/N-ethyl adjacent to an activating group) is 1. The Morgan fingerprint density at radius 3 is 2.09 bits per heavy atom. The molecule has 1 aliphatic carbocycles. The third-order valence-corrected chi connectivity index (χ3v) is 9.04. The van der Waals surface area contributed by atoms with Gasteiger partial charge in [-0.15, -0.1) is 11.8 Å². The molecule has 3 aromatic rings. The summed E-state index contributed by atoms with van der Waals surface area (Å²) < 4.78 is 39.0. The molecule has 0 atom stereocenters. The molecule has 0 saturated heterocycles. The number of thioether (sulfide) groups is 1. The molecule has 0 radical (unpaired) electrons. The molecule has 4 nitrogen and oxygen atoms in total. The normalized spacial score (nSPS) is 13.2. The van der Waals surface area contributed by atoms with Crippen LogP contribution in [0.1, 0.15) is 48.4 Å². The van der Waals surface area contributed by atoms with Gasteiger partial charge in [0.2, 0.25) is 5.91 Å². The van der Waals surface area contributed by atoms with Gasteiger partial charge in [-0.25, -0.2) is 0 Å². The van der Waals surface area contributed by atoms with Crippen LogP contribution in [0.4, 0.5) is 13.2 Å². The van der Waals surface area contributed by atoms with Gasteiger partial charge in [0.25, 0.3) is 0 Å². The maximum absolute atomic E-state index is 14.0. The van der Waals surface area contributed by atoms with Crippen molar-refractivity contribution in [1.29, 1.82) is 0 Å². The molecule has 0 fully saturated rings. The van der Waals surface area contributed by atoms with Crippen LogP contribution in [0.15, 0.2) is 108 Å². The van der Waals surface area contributed by atoms with Crippen LogP contribution < -0.4 is 5.32 Å². The van der Waals surface area contributed by atoms with E-state index in [4.69, 9.17) is 0 Å². The summed E-state index contributed by atoms with van der Waals surface area (Å²) >= 11 is 1.64. The van der Waals surface area contributed by atoms with E-state index in [1.165, 1.54) is 28.8 Å². The number of rotatable bonds is 14. The monoisotopic (exact) mass is 633 g/mol. The molecular formula is C37H42F3N3OS. The molecule has 0 saturated carbocycles. The van der Waals surface area contributed by atoms with Crippen molar-refractivity contribution in [1.82, 2.24) is 15.1 Å². The standard InChI is InChI=1S/C37H42F3N3OS/c1-26(2)34-7-6-8-35(34)43(28(4)45-25-30-11-9-27(3)10-12-30)24-36(44)42(22-21-41-5)23-29-13-15-31(16-14-29)32-17-19-33(20-18-32)37(38,39)40/h9-20,41H,1,4,6-8,21-25H2,2-3,5H3. The van der Waals surface area contributed by atoms with Gasteiger partial charge in [-0.3, -0.25) is 4.79 Å². The summed E-state index contributed by atoms with van der Waals surface area (Å²) in [5.74, 6) is 0.753. The molecule has 0 aromatic heterocycles. The van der Waals surface area contributed by atoms with E-state index in [2.05, 4.69) is 54.6 Å². The minimum atomic E-state index is -4.37. The fourth-order valence-corrected chi connectivity index (χ4v) is 6.25. The molecule has 4 rings (SSSR count). The van der Waals surface area contributed by atoms with Gasteiger partial charge < -0.3 is 15.1 Å². The van der Waals surface area contributed by atoms with Crippen molar-refractivity contribution >= 4 is 17.7 Å². The Morgan fingerprint density at radius 1 is 0.911 bits per heavy atom. The van der Waals surface area contributed by atoms with Gasteiger partial charge in [-0.2, -0.15) is 13.2 Å². The van der Waals surface area contributed by atoms with Gasteiger partial charge in [0.15, 0.2) is 0 Å². The van der Waals surface area contributed by atoms with Crippen molar-refractivity contribution in [3.8, 4) is 11.1 Å². The van der Waals surface area contributed by atoms with Crippen LogP contribution >= 0.6 is 11.8 Å². The van der Waals surface area contributed by atoms with Crippen LogP contribution in [-0.2, 0) is 23.3 Å². The van der Waals surface area contributed by atoms with E-state index >= 15 is 0 Å². The smallest absolute Gasteiger partial charge is 0.336 e. The van der Waals surface area contributed by atoms with Gasteiger partial charge in [-0.1, -0.05) is 85.0 Å². The van der Waals surface area contributed by atoms with E-state index in [0.717, 1.165) is 64.6 Å². The second kappa shape index (κ2) is 15.5. The maximum Gasteiger partial charge on any atom is 0.416 e. The molecule has 3 aromatic carbocycles. The molecule has 0 spiro atoms. The lowest BCUT2D eigenvalue weighted by Gasteiger charge is -2.32. The number of allylic oxidation sites excluding steroid dienone is 3. The lowest BCUT2D eigenvalue weighted by Crippen LogP contribution is -2.41. The highest BCUT2D eigenvalue weighted by Crippen LogP contribution is 2.37. The molecular weight excluding hydrogens is 591 g/mol. The first-order valence-electron chi connectivity index (χ1n) is 15.2. The van der Waals surface area contributed by atoms with Crippen LogP contribution in [0.5, 0.6) is 0 Å². The van der Waals surface area contributed by atoms with Crippen molar-refractivity contribution in [3.63, 3.8) is 0 Å². The van der Waals surface area contributed by atoms with Crippen LogP contribution in [-0.4, -0.2) is 42.4 Å². The van der Waals surface area contributed by atoms with Crippen LogP contribution in [0.3, 0.4) is 0 Å². The number of benzene rings is 3. The first-order valence-corrected chi connectivity index (χ1v) is 16.2. The largest absolute Gasteiger partial charge is 0.416 e. The van der Waals surface area contributed by atoms with E-state index in [9.17, 15) is 18.0 Å². The minimum absolute atomic E-state index is 0.00498. The molecule has 1 N–H and O–H groups in total. The Hall–Kier alpha value is -3.75. The predicted octanol–water partition coefficient (Wildman–Crippen LogP) is 8.95. The summed E-state index contributed by atoms with van der Waals surface area (Å²) in [5, 5.41) is 3.99. The van der Waals surface area contributed by atoms with E-state index in [1.54, 1.807) is 11.8 Å². The molecule has 0 aliphatic heterocycles. The molecule has 45 heavy (non-hydrogen) atoms. The van der Waals surface area contributed by atoms with Crippen LogP contribution in [0, 0.1) is 6.92 Å². The minimum Gasteiger partial charge on any atom is -0.336 e. The van der Waals surface area contributed by atoms with E-state index in [0.29, 0.717) is 25.2 Å². The third-order valence-electron chi connectivity index (χ3n) is 8.01. The molecule has 0 heterocycles. The van der Waals surface area contributed by atoms with Crippen LogP contribution in [0.2, 0.25) is 0 Å². The summed E-state index contributed by atoms with van der Waals surface area (Å²) in [4.78, 5) is 17.9. The Balaban J connectivity index is 1.51. The van der Waals surface area contributed by atoms with E-state index in [1.807, 2.05) is 43.1 Å². The molecule has 0 unspecified atom stereocenters. The number of nitrogens with one attached hydrogen (secondary N) is 1. The fourth-order valence-electron chi connectivity index (χ4n) is 5.40. The first-order chi connectivity index (χ1) is 21.5. The zero-order chi connectivity index (χ0) is 32.6. The average molecular weight is 634 g/mol. The zero-order valence-corrected chi connectivity index (χ0v) is 27.2. The highest BCUT2D eigenvalue weighted by Gasteiger charge is 2.30. The SMILES string of the molecule is C=C(C)C1=C(N(CC(=O)N(CCNC)Cc2ccc(-c3ccc(C(F)(F)F)cc3)cc2)C(=C)SCc2ccc(C)cc2)CCC1. The number of nitrogens with zero attached hydrogens (tertiary/aromatic N) is 2. The van der Waals surface area contributed by atoms with E-state index < -0.39 is 11.7 Å². The summed E-state index contributed by atoms with van der Waals surface area (Å²) in [6.07, 6.45) is -1.53. The topological polar surface area (TPSA) is 35.6 Å². The third kappa shape index (κ3) is 9.38. The van der Waals surface area contributed by atoms with Gasteiger partial charge in [-0.05, 0) is 80.1 Å². The van der Waals surface area contributed by atoms with Crippen molar-refractivity contribution in [2.24, 2.45) is 0 Å². The van der Waals surface area contributed by atoms with Crippen LogP contribution in [0.25, 0.3) is 11.1 Å². The Bertz CT molecular complexity index is 1510. The van der Waals surface area contributed by atoms with Crippen molar-refractivity contribution < 1.29 is 18.0 Å². The predicted molar refractivity (Wildman–Crippen MR) is 180 cm³/mol. The number of amides is 1. The molecule has 238 valence electrons. The average Bonchev–Trinajstić information content (AvgIpc) is 3.51. The van der Waals surface area contributed by atoms with Gasteiger partial charge in [0.1, 0.15) is 6.54 Å². The highest BCUT2D eigenvalue weighted by atomic mass is 32.2. The summed E-state index contributed by atoms with van der Waals surface area (Å²) in [6.45, 7) is 14.5. The zero-order valence-electron chi connectivity index (χ0n) is 26.3. The Morgan fingerprint density at radius 2 is 1.51 bits per heavy atom. The maximum atomic E-state index is 14.0. The highest BCUT2D eigenvalue weighted by molar-refractivity contribution is 8.02. The van der Waals surface area contributed by atoms with Crippen molar-refractivity contribution in [2.75, 3.05) is 26.7 Å². The number of carbonyl (C=O) groups is 1. The van der Waals surface area contributed by atoms with Crippen molar-refractivity contribution in [3.05, 3.63) is 130 Å². The number of aryl methyl sites for hydroxylation is 1. The molecule has 1 amide bonds. The van der Waals surface area contributed by atoms with Gasteiger partial charge in [0.05, 0.1) is 10.6 Å². The number of carbonyl (C=O) groups excluding carboxylic acids is 1. The molecule has 1 aliphatic rings. The van der Waals surface area contributed by atoms with Gasteiger partial charge >= 0.3 is 6.18 Å². The summed E-state index contributed by atoms with van der Waals surface area (Å²) in [6, 6.07) is 21.3. The lowest BCUT2D eigenvalue weighted by molar-refractivity contribution is -0.137. The number of hydrogen-bond donors (Lipinski definition) is 1. The molecule has 8 heteroatoms. The summed E-state index contributed by atoms with van der Waals surface area (Å²) in [5.41, 5.74) is 7.57. The number of alkyl halides is 3. The molecule has 0 bridgehead atoms. The quantitative estimate of drug-likeness (QED) is 0.192. The van der Waals surface area contributed by atoms with Gasteiger partial charge in [0, 0.05) is 31.1 Å². The second-order valence-corrected chi connectivity index (χ2v) is 12.6. The Kier molecular flexibility index (Phi) is 11.8. The lowest BCUT2D eigenvalue weighted by atomic mass is 10.0.